The quantitative estimate of drug-likeness (QED) is 0.685. The van der Waals surface area contributed by atoms with E-state index in [1.807, 2.05) is 6.92 Å². The number of carbonyl (C=O) groups is 1. The summed E-state index contributed by atoms with van der Waals surface area (Å²) in [6.07, 6.45) is 3.12. The van der Waals surface area contributed by atoms with Crippen molar-refractivity contribution in [3.63, 3.8) is 0 Å². The lowest BCUT2D eigenvalue weighted by Gasteiger charge is -2.19. The average molecular weight is 369 g/mol. The second kappa shape index (κ2) is 9.92. The summed E-state index contributed by atoms with van der Waals surface area (Å²) in [5.74, 6) is 0.429. The second-order valence-corrected chi connectivity index (χ2v) is 8.75. The van der Waals surface area contributed by atoms with E-state index in [1.54, 1.807) is 26.0 Å². The number of sulfonamides is 1. The molecule has 0 aliphatic heterocycles. The second-order valence-electron chi connectivity index (χ2n) is 6.82. The summed E-state index contributed by atoms with van der Waals surface area (Å²) in [5.41, 5.74) is 0.379. The molecule has 0 bridgehead atoms. The number of carbonyl (C=O) groups excluding carboxylic acids is 1. The zero-order valence-corrected chi connectivity index (χ0v) is 16.9. The summed E-state index contributed by atoms with van der Waals surface area (Å²) in [5, 5.41) is 2.96. The molecule has 0 saturated heterocycles. The van der Waals surface area contributed by atoms with Gasteiger partial charge in [0, 0.05) is 24.7 Å². The highest BCUT2D eigenvalue weighted by molar-refractivity contribution is 7.89. The predicted molar refractivity (Wildman–Crippen MR) is 102 cm³/mol. The van der Waals surface area contributed by atoms with Gasteiger partial charge in [0.15, 0.2) is 0 Å². The van der Waals surface area contributed by atoms with E-state index in [0.29, 0.717) is 24.6 Å². The Morgan fingerprint density at radius 1 is 1.12 bits per heavy atom. The Kier molecular flexibility index (Phi) is 8.59. The molecule has 1 rings (SSSR count). The van der Waals surface area contributed by atoms with Crippen LogP contribution in [0, 0.1) is 5.92 Å². The molecule has 0 aliphatic rings. The molecule has 25 heavy (non-hydrogen) atoms. The molecule has 0 spiro atoms. The minimum absolute atomic E-state index is 0.0642. The van der Waals surface area contributed by atoms with Gasteiger partial charge in [-0.15, -0.1) is 0 Å². The van der Waals surface area contributed by atoms with Gasteiger partial charge in [0.25, 0.3) is 5.91 Å². The molecule has 1 aromatic carbocycles. The third-order valence-electron chi connectivity index (χ3n) is 4.24. The topological polar surface area (TPSA) is 66.5 Å². The van der Waals surface area contributed by atoms with Crippen LogP contribution >= 0.6 is 0 Å². The number of nitrogens with one attached hydrogen (secondary N) is 1. The van der Waals surface area contributed by atoms with Crippen molar-refractivity contribution in [1.29, 1.82) is 0 Å². The fraction of sp³-hybridized carbons (Fsp3) is 0.632. The van der Waals surface area contributed by atoms with Crippen LogP contribution in [-0.2, 0) is 10.0 Å². The average Bonchev–Trinajstić information content (AvgIpc) is 2.55. The molecule has 1 N–H and O–H groups in total. The number of nitrogens with zero attached hydrogens (tertiary/aromatic N) is 1. The lowest BCUT2D eigenvalue weighted by atomic mass is 10.0. The lowest BCUT2D eigenvalue weighted by Crippen LogP contribution is -2.33. The third-order valence-corrected chi connectivity index (χ3v) is 6.28. The van der Waals surface area contributed by atoms with Crippen LogP contribution in [-0.4, -0.2) is 37.8 Å². The first-order valence-corrected chi connectivity index (χ1v) is 10.6. The maximum absolute atomic E-state index is 12.6. The first-order chi connectivity index (χ1) is 11.7. The van der Waals surface area contributed by atoms with Gasteiger partial charge in [-0.2, -0.15) is 4.31 Å². The normalized spacial score (nSPS) is 13.2. The molecule has 1 atom stereocenters. The Morgan fingerprint density at radius 2 is 1.76 bits per heavy atom. The molecule has 0 radical (unpaired) electrons. The van der Waals surface area contributed by atoms with Gasteiger partial charge in [-0.25, -0.2) is 8.42 Å². The van der Waals surface area contributed by atoms with Gasteiger partial charge in [0.2, 0.25) is 10.0 Å². The van der Waals surface area contributed by atoms with Crippen molar-refractivity contribution in [2.45, 2.75) is 64.8 Å². The minimum atomic E-state index is -3.56. The van der Waals surface area contributed by atoms with E-state index in [4.69, 9.17) is 0 Å². The third kappa shape index (κ3) is 6.44. The lowest BCUT2D eigenvalue weighted by molar-refractivity contribution is 0.0937. The molecule has 0 saturated carbocycles. The van der Waals surface area contributed by atoms with Crippen LogP contribution in [0.5, 0.6) is 0 Å². The van der Waals surface area contributed by atoms with Gasteiger partial charge < -0.3 is 5.32 Å². The van der Waals surface area contributed by atoms with E-state index in [1.165, 1.54) is 16.4 Å². The molecule has 0 aromatic heterocycles. The van der Waals surface area contributed by atoms with Crippen LogP contribution in [0.3, 0.4) is 0 Å². The van der Waals surface area contributed by atoms with E-state index in [-0.39, 0.29) is 16.8 Å². The number of hydrogen-bond acceptors (Lipinski definition) is 3. The van der Waals surface area contributed by atoms with Gasteiger partial charge in [-0.05, 0) is 37.5 Å². The van der Waals surface area contributed by atoms with Crippen molar-refractivity contribution in [1.82, 2.24) is 9.62 Å². The van der Waals surface area contributed by atoms with E-state index >= 15 is 0 Å². The van der Waals surface area contributed by atoms with Crippen molar-refractivity contribution in [3.05, 3.63) is 29.8 Å². The van der Waals surface area contributed by atoms with Crippen LogP contribution in [0.4, 0.5) is 0 Å². The fourth-order valence-corrected chi connectivity index (χ4v) is 4.23. The van der Waals surface area contributed by atoms with Crippen molar-refractivity contribution in [2.75, 3.05) is 13.1 Å². The van der Waals surface area contributed by atoms with E-state index in [9.17, 15) is 13.2 Å². The smallest absolute Gasteiger partial charge is 0.251 e. The van der Waals surface area contributed by atoms with Crippen LogP contribution in [0.15, 0.2) is 29.2 Å². The molecule has 0 aliphatic carbocycles. The number of rotatable bonds is 10. The molecule has 0 unspecified atom stereocenters. The van der Waals surface area contributed by atoms with Crippen molar-refractivity contribution in [2.24, 2.45) is 5.92 Å². The van der Waals surface area contributed by atoms with Crippen LogP contribution in [0.1, 0.15) is 64.2 Å². The van der Waals surface area contributed by atoms with Crippen molar-refractivity contribution >= 4 is 15.9 Å². The minimum Gasteiger partial charge on any atom is -0.350 e. The Bertz CT molecular complexity index is 652. The molecule has 0 heterocycles. The zero-order valence-electron chi connectivity index (χ0n) is 16.1. The summed E-state index contributed by atoms with van der Waals surface area (Å²) in [7, 11) is -3.56. The number of amides is 1. The van der Waals surface area contributed by atoms with Crippen LogP contribution in [0.25, 0.3) is 0 Å². The van der Waals surface area contributed by atoms with Crippen molar-refractivity contribution in [3.8, 4) is 0 Å². The van der Waals surface area contributed by atoms with Gasteiger partial charge in [0.1, 0.15) is 0 Å². The molecule has 142 valence electrons. The Labute approximate surface area is 152 Å². The van der Waals surface area contributed by atoms with E-state index in [2.05, 4.69) is 19.2 Å². The van der Waals surface area contributed by atoms with E-state index < -0.39 is 10.0 Å². The molecule has 5 nitrogen and oxygen atoms in total. The monoisotopic (exact) mass is 368 g/mol. The maximum atomic E-state index is 12.6. The summed E-state index contributed by atoms with van der Waals surface area (Å²) in [4.78, 5) is 12.6. The maximum Gasteiger partial charge on any atom is 0.251 e. The molecule has 1 amide bonds. The van der Waals surface area contributed by atoms with E-state index in [0.717, 1.165) is 19.3 Å². The van der Waals surface area contributed by atoms with Gasteiger partial charge >= 0.3 is 0 Å². The van der Waals surface area contributed by atoms with Gasteiger partial charge in [-0.3, -0.25) is 4.79 Å². The predicted octanol–water partition coefficient (Wildman–Crippen LogP) is 3.66. The highest BCUT2D eigenvalue weighted by Crippen LogP contribution is 2.17. The highest BCUT2D eigenvalue weighted by atomic mass is 32.2. The number of benzene rings is 1. The van der Waals surface area contributed by atoms with Gasteiger partial charge in [-0.1, -0.05) is 46.6 Å². The Balaban J connectivity index is 2.82. The highest BCUT2D eigenvalue weighted by Gasteiger charge is 2.22. The molecular formula is C19H32N2O3S. The van der Waals surface area contributed by atoms with Crippen molar-refractivity contribution < 1.29 is 13.2 Å². The Hall–Kier alpha value is -1.40. The van der Waals surface area contributed by atoms with Crippen LogP contribution in [0.2, 0.25) is 0 Å². The van der Waals surface area contributed by atoms with Crippen LogP contribution < -0.4 is 5.32 Å². The zero-order chi connectivity index (χ0) is 19.0. The summed E-state index contributed by atoms with van der Waals surface area (Å²) < 4.78 is 26.6. The first-order valence-electron chi connectivity index (χ1n) is 9.13. The first kappa shape index (κ1) is 21.6. The summed E-state index contributed by atoms with van der Waals surface area (Å²) in [6, 6.07) is 6.33. The summed E-state index contributed by atoms with van der Waals surface area (Å²) >= 11 is 0. The SMILES string of the molecule is CCN(CC)S(=O)(=O)c1cccc(C(=O)N[C@@H](C)CCCC(C)C)c1. The molecule has 1 aromatic rings. The Morgan fingerprint density at radius 3 is 2.32 bits per heavy atom. The molecule has 0 fully saturated rings. The molecular weight excluding hydrogens is 336 g/mol. The molecule has 6 heteroatoms. The summed E-state index contributed by atoms with van der Waals surface area (Å²) in [6.45, 7) is 10.8. The fourth-order valence-electron chi connectivity index (χ4n) is 2.72. The van der Waals surface area contributed by atoms with Gasteiger partial charge in [0.05, 0.1) is 4.90 Å². The standard InChI is InChI=1S/C19H32N2O3S/c1-6-21(7-2)25(23,24)18-13-9-12-17(14-18)19(22)20-16(5)11-8-10-15(3)4/h9,12-16H,6-8,10-11H2,1-5H3,(H,20,22)/t16-/m0/s1. The number of hydrogen-bond donors (Lipinski definition) is 1. The largest absolute Gasteiger partial charge is 0.350 e.